The number of likely N-dealkylation sites (N-methyl/N-ethyl adjacent to an activating group) is 1. The van der Waals surface area contributed by atoms with E-state index in [-0.39, 0.29) is 35.8 Å². The number of rotatable bonds is 10. The minimum Gasteiger partial charge on any atom is -0.493 e. The van der Waals surface area contributed by atoms with Gasteiger partial charge in [-0.05, 0) is 29.2 Å². The Labute approximate surface area is 181 Å². The molecule has 0 heterocycles. The summed E-state index contributed by atoms with van der Waals surface area (Å²) in [6.45, 7) is 0.982. The predicted molar refractivity (Wildman–Crippen MR) is 113 cm³/mol. The van der Waals surface area contributed by atoms with Crippen LogP contribution in [0.3, 0.4) is 0 Å². The normalized spacial score (nSPS) is 11.9. The third kappa shape index (κ3) is 7.24. The lowest BCUT2D eigenvalue weighted by molar-refractivity contribution is -0.136. The molecule has 0 spiro atoms. The standard InChI is InChI=1S/C23H28F2N2O4/c1-15(2)12-20(28)26-21(17-8-6-5-7-9-17)22(29)27(3)14-16-10-11-18(30-4)19(13-16)31-23(24)25/h5-11,13,15,21,23H,12,14H2,1-4H3,(H,26,28). The Kier molecular flexibility index (Phi) is 8.78. The van der Waals surface area contributed by atoms with Gasteiger partial charge in [0.2, 0.25) is 11.8 Å². The SMILES string of the molecule is COc1ccc(CN(C)C(=O)C(NC(=O)CC(C)C)c2ccccc2)cc1OC(F)F. The Balaban J connectivity index is 2.21. The molecule has 0 fully saturated rings. The Hall–Kier alpha value is -3.16. The van der Waals surface area contributed by atoms with E-state index in [1.807, 2.05) is 19.9 Å². The molecule has 1 atom stereocenters. The van der Waals surface area contributed by atoms with Crippen molar-refractivity contribution in [3.63, 3.8) is 0 Å². The molecule has 0 saturated heterocycles. The molecule has 2 amide bonds. The number of ether oxygens (including phenoxy) is 2. The van der Waals surface area contributed by atoms with Gasteiger partial charge in [-0.1, -0.05) is 50.2 Å². The van der Waals surface area contributed by atoms with Crippen LogP contribution in [0.25, 0.3) is 0 Å². The molecule has 0 aliphatic rings. The van der Waals surface area contributed by atoms with Crippen LogP contribution < -0.4 is 14.8 Å². The van der Waals surface area contributed by atoms with Gasteiger partial charge >= 0.3 is 6.61 Å². The van der Waals surface area contributed by atoms with E-state index in [1.165, 1.54) is 24.1 Å². The fraction of sp³-hybridized carbons (Fsp3) is 0.391. The van der Waals surface area contributed by atoms with E-state index in [2.05, 4.69) is 10.1 Å². The number of carbonyl (C=O) groups is 2. The molecule has 1 unspecified atom stereocenters. The molecular formula is C23H28F2N2O4. The molecule has 2 aromatic carbocycles. The van der Waals surface area contributed by atoms with Crippen LogP contribution in [0.15, 0.2) is 48.5 Å². The second-order valence-electron chi connectivity index (χ2n) is 7.57. The third-order valence-electron chi connectivity index (χ3n) is 4.52. The zero-order chi connectivity index (χ0) is 23.0. The van der Waals surface area contributed by atoms with Crippen molar-refractivity contribution in [2.75, 3.05) is 14.2 Å². The minimum absolute atomic E-state index is 0.110. The van der Waals surface area contributed by atoms with Gasteiger partial charge in [-0.15, -0.1) is 0 Å². The van der Waals surface area contributed by atoms with Crippen molar-refractivity contribution in [1.82, 2.24) is 10.2 Å². The zero-order valence-electron chi connectivity index (χ0n) is 18.1. The van der Waals surface area contributed by atoms with Gasteiger partial charge in [0, 0.05) is 20.0 Å². The summed E-state index contributed by atoms with van der Waals surface area (Å²) in [6, 6.07) is 12.7. The number of methoxy groups -OCH3 is 1. The lowest BCUT2D eigenvalue weighted by Gasteiger charge is -2.25. The third-order valence-corrected chi connectivity index (χ3v) is 4.52. The molecule has 0 radical (unpaired) electrons. The van der Waals surface area contributed by atoms with Gasteiger partial charge in [-0.25, -0.2) is 0 Å². The molecule has 168 valence electrons. The second kappa shape index (κ2) is 11.3. The van der Waals surface area contributed by atoms with E-state index >= 15 is 0 Å². The average molecular weight is 434 g/mol. The van der Waals surface area contributed by atoms with Crippen LogP contribution in [0.1, 0.15) is 37.4 Å². The van der Waals surface area contributed by atoms with E-state index in [1.54, 1.807) is 37.4 Å². The van der Waals surface area contributed by atoms with Crippen molar-refractivity contribution in [3.05, 3.63) is 59.7 Å². The maximum atomic E-state index is 13.2. The molecule has 0 aliphatic heterocycles. The molecule has 8 heteroatoms. The summed E-state index contributed by atoms with van der Waals surface area (Å²) in [5.41, 5.74) is 1.24. The average Bonchev–Trinajstić information content (AvgIpc) is 2.71. The van der Waals surface area contributed by atoms with Gasteiger partial charge in [0.25, 0.3) is 0 Å². The summed E-state index contributed by atoms with van der Waals surface area (Å²) in [4.78, 5) is 27.0. The van der Waals surface area contributed by atoms with Gasteiger partial charge in [-0.2, -0.15) is 8.78 Å². The molecule has 6 nitrogen and oxygen atoms in total. The number of hydrogen-bond acceptors (Lipinski definition) is 4. The Morgan fingerprint density at radius 1 is 1.06 bits per heavy atom. The fourth-order valence-corrected chi connectivity index (χ4v) is 3.10. The molecular weight excluding hydrogens is 406 g/mol. The van der Waals surface area contributed by atoms with Crippen LogP contribution in [0.5, 0.6) is 11.5 Å². The summed E-state index contributed by atoms with van der Waals surface area (Å²) in [5, 5.41) is 2.81. The highest BCUT2D eigenvalue weighted by Crippen LogP contribution is 2.30. The van der Waals surface area contributed by atoms with Crippen LogP contribution >= 0.6 is 0 Å². The summed E-state index contributed by atoms with van der Waals surface area (Å²) >= 11 is 0. The number of nitrogens with zero attached hydrogens (tertiary/aromatic N) is 1. The van der Waals surface area contributed by atoms with Crippen molar-refractivity contribution in [3.8, 4) is 11.5 Å². The van der Waals surface area contributed by atoms with E-state index in [4.69, 9.17) is 4.74 Å². The summed E-state index contributed by atoms with van der Waals surface area (Å²) in [5.74, 6) is -0.336. The quantitative estimate of drug-likeness (QED) is 0.610. The van der Waals surface area contributed by atoms with Crippen LogP contribution in [0.2, 0.25) is 0 Å². The largest absolute Gasteiger partial charge is 0.493 e. The van der Waals surface area contributed by atoms with Crippen LogP contribution in [0, 0.1) is 5.92 Å². The first-order valence-corrected chi connectivity index (χ1v) is 9.92. The number of alkyl halides is 2. The second-order valence-corrected chi connectivity index (χ2v) is 7.57. The van der Waals surface area contributed by atoms with Gasteiger partial charge in [0.1, 0.15) is 6.04 Å². The molecule has 0 saturated carbocycles. The lowest BCUT2D eigenvalue weighted by atomic mass is 10.0. The van der Waals surface area contributed by atoms with Gasteiger partial charge < -0.3 is 19.7 Å². The molecule has 1 N–H and O–H groups in total. The zero-order valence-corrected chi connectivity index (χ0v) is 18.1. The highest BCUT2D eigenvalue weighted by atomic mass is 19.3. The lowest BCUT2D eigenvalue weighted by Crippen LogP contribution is -2.41. The molecule has 31 heavy (non-hydrogen) atoms. The van der Waals surface area contributed by atoms with E-state index in [0.29, 0.717) is 17.5 Å². The van der Waals surface area contributed by atoms with E-state index in [9.17, 15) is 18.4 Å². The van der Waals surface area contributed by atoms with Crippen molar-refractivity contribution < 1.29 is 27.8 Å². The van der Waals surface area contributed by atoms with Crippen molar-refractivity contribution in [2.24, 2.45) is 5.92 Å². The molecule has 2 rings (SSSR count). The molecule has 2 aromatic rings. The minimum atomic E-state index is -3.00. The number of halogens is 2. The van der Waals surface area contributed by atoms with Crippen molar-refractivity contribution >= 4 is 11.8 Å². The molecule has 0 bridgehead atoms. The summed E-state index contributed by atoms with van der Waals surface area (Å²) in [6.07, 6.45) is 0.299. The number of amides is 2. The first kappa shape index (κ1) is 24.1. The highest BCUT2D eigenvalue weighted by molar-refractivity contribution is 5.88. The number of benzene rings is 2. The van der Waals surface area contributed by atoms with E-state index in [0.717, 1.165) is 0 Å². The van der Waals surface area contributed by atoms with Gasteiger partial charge in [-0.3, -0.25) is 9.59 Å². The number of hydrogen-bond donors (Lipinski definition) is 1. The first-order chi connectivity index (χ1) is 14.7. The van der Waals surface area contributed by atoms with Gasteiger partial charge in [0.15, 0.2) is 11.5 Å². The fourth-order valence-electron chi connectivity index (χ4n) is 3.10. The van der Waals surface area contributed by atoms with Crippen molar-refractivity contribution in [1.29, 1.82) is 0 Å². The van der Waals surface area contributed by atoms with Crippen LogP contribution in [0.4, 0.5) is 8.78 Å². The number of carbonyl (C=O) groups excluding carboxylic acids is 2. The molecule has 0 aromatic heterocycles. The van der Waals surface area contributed by atoms with Crippen LogP contribution in [-0.2, 0) is 16.1 Å². The first-order valence-electron chi connectivity index (χ1n) is 9.92. The predicted octanol–water partition coefficient (Wildman–Crippen LogP) is 4.16. The maximum absolute atomic E-state index is 13.2. The molecule has 0 aliphatic carbocycles. The summed E-state index contributed by atoms with van der Waals surface area (Å²) in [7, 11) is 2.94. The Bertz CT molecular complexity index is 875. The number of nitrogens with one attached hydrogen (secondary N) is 1. The Morgan fingerprint density at radius 2 is 1.74 bits per heavy atom. The smallest absolute Gasteiger partial charge is 0.387 e. The van der Waals surface area contributed by atoms with E-state index < -0.39 is 12.7 Å². The Morgan fingerprint density at radius 3 is 2.32 bits per heavy atom. The van der Waals surface area contributed by atoms with Crippen molar-refractivity contribution in [2.45, 2.75) is 39.5 Å². The van der Waals surface area contributed by atoms with Crippen LogP contribution in [-0.4, -0.2) is 37.5 Å². The maximum Gasteiger partial charge on any atom is 0.387 e. The topological polar surface area (TPSA) is 67.9 Å². The van der Waals surface area contributed by atoms with Gasteiger partial charge in [0.05, 0.1) is 7.11 Å². The summed E-state index contributed by atoms with van der Waals surface area (Å²) < 4.78 is 34.9. The highest BCUT2D eigenvalue weighted by Gasteiger charge is 2.26. The monoisotopic (exact) mass is 434 g/mol.